The Kier molecular flexibility index (Phi) is 5.44. The predicted molar refractivity (Wildman–Crippen MR) is 61.7 cm³/mol. The highest BCUT2D eigenvalue weighted by Gasteiger charge is 2.21. The molecule has 0 spiro atoms. The average molecular weight is 210 g/mol. The van der Waals surface area contributed by atoms with Crippen LogP contribution >= 0.6 is 0 Å². The summed E-state index contributed by atoms with van der Waals surface area (Å²) in [5, 5.41) is 0. The topological polar surface area (TPSA) is 26.3 Å². The van der Waals surface area contributed by atoms with Crippen LogP contribution in [0.3, 0.4) is 0 Å². The molecular formula is C13H22O2. The molecule has 1 aliphatic rings. The second-order valence-electron chi connectivity index (χ2n) is 4.30. The normalized spacial score (nSPS) is 16.3. The number of hydrogen-bond donors (Lipinski definition) is 0. The van der Waals surface area contributed by atoms with Gasteiger partial charge in [0.1, 0.15) is 0 Å². The van der Waals surface area contributed by atoms with Crippen molar-refractivity contribution in [2.24, 2.45) is 0 Å². The van der Waals surface area contributed by atoms with E-state index in [0.29, 0.717) is 18.8 Å². The van der Waals surface area contributed by atoms with E-state index in [1.165, 1.54) is 25.7 Å². The van der Waals surface area contributed by atoms with Gasteiger partial charge >= 0.3 is 0 Å². The maximum Gasteiger partial charge on any atom is 0.197 e. The molecule has 2 nitrogen and oxygen atoms in total. The number of unbranched alkanes of at least 4 members (excludes halogenated alkanes) is 4. The number of ether oxygens (including phenoxy) is 1. The first-order valence-corrected chi connectivity index (χ1v) is 6.11. The van der Waals surface area contributed by atoms with Gasteiger partial charge in [-0.3, -0.25) is 4.79 Å². The zero-order valence-electron chi connectivity index (χ0n) is 9.97. The highest BCUT2D eigenvalue weighted by atomic mass is 16.5. The van der Waals surface area contributed by atoms with Crippen LogP contribution in [0.5, 0.6) is 0 Å². The van der Waals surface area contributed by atoms with E-state index in [2.05, 4.69) is 6.92 Å². The summed E-state index contributed by atoms with van der Waals surface area (Å²) in [6.07, 6.45) is 7.69. The van der Waals surface area contributed by atoms with Gasteiger partial charge in [-0.2, -0.15) is 0 Å². The molecule has 0 aromatic rings. The summed E-state index contributed by atoms with van der Waals surface area (Å²) in [6, 6.07) is 0. The minimum absolute atomic E-state index is 0.195. The summed E-state index contributed by atoms with van der Waals surface area (Å²) in [5.74, 6) is 0.853. The van der Waals surface area contributed by atoms with Gasteiger partial charge in [0.05, 0.1) is 6.61 Å². The van der Waals surface area contributed by atoms with Crippen molar-refractivity contribution in [3.05, 3.63) is 11.3 Å². The van der Waals surface area contributed by atoms with Crippen LogP contribution in [-0.2, 0) is 9.53 Å². The molecule has 2 heteroatoms. The molecule has 0 aromatic heterocycles. The Bertz CT molecular complexity index is 241. The Morgan fingerprint density at radius 3 is 2.47 bits per heavy atom. The van der Waals surface area contributed by atoms with Crippen LogP contribution in [0.25, 0.3) is 0 Å². The Morgan fingerprint density at radius 2 is 1.87 bits per heavy atom. The summed E-state index contributed by atoms with van der Waals surface area (Å²) in [6.45, 7) is 4.92. The van der Waals surface area contributed by atoms with Gasteiger partial charge in [-0.15, -0.1) is 0 Å². The van der Waals surface area contributed by atoms with E-state index in [0.717, 1.165) is 18.4 Å². The fourth-order valence-electron chi connectivity index (χ4n) is 1.85. The highest BCUT2D eigenvalue weighted by Crippen LogP contribution is 2.23. The van der Waals surface area contributed by atoms with Crippen LogP contribution in [-0.4, -0.2) is 12.4 Å². The van der Waals surface area contributed by atoms with Crippen molar-refractivity contribution in [3.8, 4) is 0 Å². The largest absolute Gasteiger partial charge is 0.490 e. The molecule has 0 unspecified atom stereocenters. The van der Waals surface area contributed by atoms with Crippen LogP contribution < -0.4 is 0 Å². The van der Waals surface area contributed by atoms with Crippen LogP contribution in [0, 0.1) is 0 Å². The van der Waals surface area contributed by atoms with E-state index in [9.17, 15) is 4.79 Å². The summed E-state index contributed by atoms with van der Waals surface area (Å²) in [7, 11) is 0. The first-order valence-electron chi connectivity index (χ1n) is 6.11. The molecule has 0 amide bonds. The molecule has 15 heavy (non-hydrogen) atoms. The maximum atomic E-state index is 11.4. The van der Waals surface area contributed by atoms with Crippen LogP contribution in [0.1, 0.15) is 58.8 Å². The lowest BCUT2D eigenvalue weighted by atomic mass is 10.2. The third-order valence-electron chi connectivity index (χ3n) is 2.86. The van der Waals surface area contributed by atoms with Gasteiger partial charge in [-0.1, -0.05) is 32.6 Å². The van der Waals surface area contributed by atoms with Crippen LogP contribution in [0.2, 0.25) is 0 Å². The number of Topliss-reactive ketones (excluding diaryl/α,β-unsaturated/α-hetero) is 1. The van der Waals surface area contributed by atoms with Gasteiger partial charge in [-0.25, -0.2) is 0 Å². The van der Waals surface area contributed by atoms with Crippen molar-refractivity contribution < 1.29 is 9.53 Å². The number of allylic oxidation sites excluding steroid dienone is 2. The summed E-state index contributed by atoms with van der Waals surface area (Å²) in [5.41, 5.74) is 1.13. The Hall–Kier alpha value is -0.790. The number of rotatable bonds is 7. The molecule has 0 saturated carbocycles. The van der Waals surface area contributed by atoms with Crippen LogP contribution in [0.4, 0.5) is 0 Å². The number of carbonyl (C=O) groups excluding carboxylic acids is 1. The second-order valence-corrected chi connectivity index (χ2v) is 4.30. The maximum absolute atomic E-state index is 11.4. The van der Waals surface area contributed by atoms with Crippen molar-refractivity contribution >= 4 is 5.78 Å². The fourth-order valence-corrected chi connectivity index (χ4v) is 1.85. The quantitative estimate of drug-likeness (QED) is 0.600. The van der Waals surface area contributed by atoms with E-state index >= 15 is 0 Å². The van der Waals surface area contributed by atoms with Gasteiger partial charge in [0.25, 0.3) is 0 Å². The molecule has 0 radical (unpaired) electrons. The SMILES string of the molecule is CCCCCCCOC1=C(C)CCC1=O. The average Bonchev–Trinajstić information content (AvgIpc) is 2.54. The summed E-state index contributed by atoms with van der Waals surface area (Å²) in [4.78, 5) is 11.4. The molecular weight excluding hydrogens is 188 g/mol. The molecule has 0 N–H and O–H groups in total. The summed E-state index contributed by atoms with van der Waals surface area (Å²) >= 11 is 0. The Balaban J connectivity index is 2.10. The smallest absolute Gasteiger partial charge is 0.197 e. The molecule has 0 aromatic carbocycles. The fraction of sp³-hybridized carbons (Fsp3) is 0.769. The van der Waals surface area contributed by atoms with Gasteiger partial charge in [0.15, 0.2) is 11.5 Å². The zero-order chi connectivity index (χ0) is 11.1. The van der Waals surface area contributed by atoms with Crippen LogP contribution in [0.15, 0.2) is 11.3 Å². The minimum Gasteiger partial charge on any atom is -0.490 e. The lowest BCUT2D eigenvalue weighted by molar-refractivity contribution is -0.118. The van der Waals surface area contributed by atoms with E-state index in [1.807, 2.05) is 6.92 Å². The Labute approximate surface area is 92.7 Å². The van der Waals surface area contributed by atoms with E-state index in [4.69, 9.17) is 4.74 Å². The minimum atomic E-state index is 0.195. The van der Waals surface area contributed by atoms with Crippen molar-refractivity contribution in [1.82, 2.24) is 0 Å². The van der Waals surface area contributed by atoms with Gasteiger partial charge in [0, 0.05) is 6.42 Å². The first kappa shape index (κ1) is 12.3. The molecule has 0 atom stereocenters. The molecule has 0 aliphatic heterocycles. The molecule has 0 saturated heterocycles. The number of hydrogen-bond acceptors (Lipinski definition) is 2. The van der Waals surface area contributed by atoms with E-state index in [-0.39, 0.29) is 5.78 Å². The lowest BCUT2D eigenvalue weighted by Crippen LogP contribution is -2.03. The Morgan fingerprint density at radius 1 is 1.13 bits per heavy atom. The third kappa shape index (κ3) is 4.06. The van der Waals surface area contributed by atoms with Gasteiger partial charge in [0.2, 0.25) is 0 Å². The van der Waals surface area contributed by atoms with Crippen molar-refractivity contribution in [2.45, 2.75) is 58.8 Å². The van der Waals surface area contributed by atoms with Crippen molar-refractivity contribution in [3.63, 3.8) is 0 Å². The van der Waals surface area contributed by atoms with Crippen molar-refractivity contribution in [1.29, 1.82) is 0 Å². The van der Waals surface area contributed by atoms with Gasteiger partial charge < -0.3 is 4.74 Å². The predicted octanol–water partition coefficient (Wildman–Crippen LogP) is 3.61. The second kappa shape index (κ2) is 6.65. The van der Waals surface area contributed by atoms with Crippen molar-refractivity contribution in [2.75, 3.05) is 6.61 Å². The molecule has 0 fully saturated rings. The summed E-state index contributed by atoms with van der Waals surface area (Å²) < 4.78 is 5.54. The highest BCUT2D eigenvalue weighted by molar-refractivity contribution is 5.96. The molecule has 1 rings (SSSR count). The molecule has 86 valence electrons. The monoisotopic (exact) mass is 210 g/mol. The molecule has 1 aliphatic carbocycles. The molecule has 0 bridgehead atoms. The standard InChI is InChI=1S/C13H22O2/c1-3-4-5-6-7-10-15-13-11(2)8-9-12(13)14/h3-10H2,1-2H3. The third-order valence-corrected chi connectivity index (χ3v) is 2.86. The first-order chi connectivity index (χ1) is 7.25. The zero-order valence-corrected chi connectivity index (χ0v) is 9.97. The number of carbonyl (C=O) groups is 1. The lowest BCUT2D eigenvalue weighted by Gasteiger charge is -2.06. The van der Waals surface area contributed by atoms with E-state index < -0.39 is 0 Å². The number of ketones is 1. The van der Waals surface area contributed by atoms with Gasteiger partial charge in [-0.05, 0) is 25.3 Å². The van der Waals surface area contributed by atoms with E-state index in [1.54, 1.807) is 0 Å². The molecule has 0 heterocycles.